The van der Waals surface area contributed by atoms with Crippen LogP contribution >= 0.6 is 0 Å². The monoisotopic (exact) mass is 262 g/mol. The second-order valence-corrected chi connectivity index (χ2v) is 5.20. The minimum Gasteiger partial charge on any atom is -0.478 e. The smallest absolute Gasteiger partial charge is 0.335 e. The quantitative estimate of drug-likeness (QED) is 0.797. The van der Waals surface area contributed by atoms with Crippen molar-refractivity contribution in [2.45, 2.75) is 39.7 Å². The highest BCUT2D eigenvalue weighted by molar-refractivity contribution is 5.87. The number of aromatic nitrogens is 1. The first kappa shape index (κ1) is 15.0. The Kier molecular flexibility index (Phi) is 4.87. The highest BCUT2D eigenvalue weighted by Crippen LogP contribution is 2.21. The van der Waals surface area contributed by atoms with Gasteiger partial charge in [-0.05, 0) is 32.8 Å². The standard InChI is InChI=1S/C14H18N2O3/c1-14(2,10-15)6-3-4-7-16-8-5-11(13(18)19)9-12(16)17/h5,8-9H,3-4,6-7H2,1-2H3,(H,18,19). The number of nitrogens with zero attached hydrogens (tertiary/aromatic N) is 2. The van der Waals surface area contributed by atoms with E-state index in [2.05, 4.69) is 6.07 Å². The average Bonchev–Trinajstić information content (AvgIpc) is 2.36. The second-order valence-electron chi connectivity index (χ2n) is 5.20. The summed E-state index contributed by atoms with van der Waals surface area (Å²) in [5.41, 5.74) is -0.635. The Morgan fingerprint density at radius 3 is 2.68 bits per heavy atom. The van der Waals surface area contributed by atoms with E-state index < -0.39 is 5.97 Å². The van der Waals surface area contributed by atoms with Crippen molar-refractivity contribution in [3.63, 3.8) is 0 Å². The van der Waals surface area contributed by atoms with E-state index in [1.807, 2.05) is 13.8 Å². The van der Waals surface area contributed by atoms with E-state index in [1.54, 1.807) is 0 Å². The predicted octanol–water partition coefficient (Wildman–Crippen LogP) is 2.27. The Morgan fingerprint density at radius 1 is 1.47 bits per heavy atom. The molecule has 0 fully saturated rings. The maximum Gasteiger partial charge on any atom is 0.335 e. The molecule has 1 heterocycles. The lowest BCUT2D eigenvalue weighted by Crippen LogP contribution is -2.20. The lowest BCUT2D eigenvalue weighted by atomic mass is 9.89. The summed E-state index contributed by atoms with van der Waals surface area (Å²) in [4.78, 5) is 22.3. The van der Waals surface area contributed by atoms with Crippen LogP contribution < -0.4 is 5.56 Å². The Labute approximate surface area is 112 Å². The molecule has 0 radical (unpaired) electrons. The number of carboxylic acid groups (broad SMARTS) is 1. The summed E-state index contributed by atoms with van der Waals surface area (Å²) in [6, 6.07) is 4.78. The number of rotatable bonds is 6. The number of unbranched alkanes of at least 4 members (excludes halogenated alkanes) is 1. The Morgan fingerprint density at radius 2 is 2.16 bits per heavy atom. The molecule has 102 valence electrons. The van der Waals surface area contributed by atoms with Crippen molar-refractivity contribution in [2.75, 3.05) is 0 Å². The van der Waals surface area contributed by atoms with E-state index in [1.165, 1.54) is 16.8 Å². The largest absolute Gasteiger partial charge is 0.478 e. The van der Waals surface area contributed by atoms with E-state index in [9.17, 15) is 9.59 Å². The van der Waals surface area contributed by atoms with Crippen LogP contribution in [0, 0.1) is 16.7 Å². The lowest BCUT2D eigenvalue weighted by Gasteiger charge is -2.14. The van der Waals surface area contributed by atoms with Gasteiger partial charge in [-0.3, -0.25) is 4.79 Å². The van der Waals surface area contributed by atoms with Gasteiger partial charge in [0.05, 0.1) is 17.0 Å². The molecule has 1 N–H and O–H groups in total. The molecule has 0 bridgehead atoms. The maximum atomic E-state index is 11.6. The van der Waals surface area contributed by atoms with Crippen molar-refractivity contribution in [1.82, 2.24) is 4.57 Å². The molecule has 0 aliphatic heterocycles. The van der Waals surface area contributed by atoms with Crippen molar-refractivity contribution >= 4 is 5.97 Å². The number of pyridine rings is 1. The van der Waals surface area contributed by atoms with Crippen molar-refractivity contribution in [3.05, 3.63) is 34.2 Å². The van der Waals surface area contributed by atoms with Crippen molar-refractivity contribution < 1.29 is 9.90 Å². The van der Waals surface area contributed by atoms with Crippen molar-refractivity contribution in [2.24, 2.45) is 5.41 Å². The van der Waals surface area contributed by atoms with E-state index in [0.717, 1.165) is 25.3 Å². The van der Waals surface area contributed by atoms with Crippen LogP contribution in [0.2, 0.25) is 0 Å². The molecule has 0 atom stereocenters. The third-order valence-electron chi connectivity index (χ3n) is 3.00. The molecule has 0 aromatic carbocycles. The molecule has 1 aromatic heterocycles. The number of carboxylic acids is 1. The zero-order valence-electron chi connectivity index (χ0n) is 11.2. The van der Waals surface area contributed by atoms with Gasteiger partial charge in [-0.15, -0.1) is 0 Å². The Hall–Kier alpha value is -2.09. The first-order valence-corrected chi connectivity index (χ1v) is 6.21. The van der Waals surface area contributed by atoms with Crippen LogP contribution in [0.3, 0.4) is 0 Å². The lowest BCUT2D eigenvalue weighted by molar-refractivity contribution is 0.0696. The van der Waals surface area contributed by atoms with Gasteiger partial charge in [-0.2, -0.15) is 5.26 Å². The molecule has 0 saturated carbocycles. The molecular formula is C14H18N2O3. The number of hydrogen-bond donors (Lipinski definition) is 1. The van der Waals surface area contributed by atoms with Crippen LogP contribution in [0.1, 0.15) is 43.5 Å². The molecule has 1 rings (SSSR count). The first-order chi connectivity index (χ1) is 8.85. The minimum atomic E-state index is -1.10. The van der Waals surface area contributed by atoms with Crippen molar-refractivity contribution in [3.8, 4) is 6.07 Å². The third kappa shape index (κ3) is 4.59. The number of nitriles is 1. The summed E-state index contributed by atoms with van der Waals surface area (Å²) in [5.74, 6) is -1.10. The molecule has 5 heteroatoms. The molecule has 0 amide bonds. The summed E-state index contributed by atoms with van der Waals surface area (Å²) in [5, 5.41) is 17.6. The van der Waals surface area contributed by atoms with Gasteiger partial charge >= 0.3 is 5.97 Å². The van der Waals surface area contributed by atoms with E-state index in [0.29, 0.717) is 6.54 Å². The molecule has 5 nitrogen and oxygen atoms in total. The Bertz CT molecular complexity index is 553. The maximum absolute atomic E-state index is 11.6. The number of aromatic carboxylic acids is 1. The molecule has 1 aromatic rings. The topological polar surface area (TPSA) is 83.1 Å². The summed E-state index contributed by atoms with van der Waals surface area (Å²) in [6.07, 6.45) is 3.93. The van der Waals surface area contributed by atoms with Crippen LogP contribution in [-0.2, 0) is 6.54 Å². The molecule has 0 aliphatic rings. The fourth-order valence-corrected chi connectivity index (χ4v) is 1.73. The zero-order chi connectivity index (χ0) is 14.5. The fourth-order valence-electron chi connectivity index (χ4n) is 1.73. The van der Waals surface area contributed by atoms with Crippen LogP contribution in [0.4, 0.5) is 0 Å². The van der Waals surface area contributed by atoms with E-state index >= 15 is 0 Å². The van der Waals surface area contributed by atoms with Gasteiger partial charge in [0.25, 0.3) is 5.56 Å². The first-order valence-electron chi connectivity index (χ1n) is 6.21. The summed E-state index contributed by atoms with van der Waals surface area (Å²) >= 11 is 0. The molecule has 0 saturated heterocycles. The zero-order valence-corrected chi connectivity index (χ0v) is 11.2. The van der Waals surface area contributed by atoms with Gasteiger partial charge in [-0.25, -0.2) is 4.79 Å². The van der Waals surface area contributed by atoms with Gasteiger partial charge in [0, 0.05) is 18.8 Å². The van der Waals surface area contributed by atoms with Crippen LogP contribution in [0.15, 0.2) is 23.1 Å². The number of hydrogen-bond acceptors (Lipinski definition) is 3. The molecular weight excluding hydrogens is 244 g/mol. The molecule has 19 heavy (non-hydrogen) atoms. The molecule has 0 unspecified atom stereocenters. The summed E-state index contributed by atoms with van der Waals surface area (Å²) in [6.45, 7) is 4.32. The van der Waals surface area contributed by atoms with Gasteiger partial charge in [0.2, 0.25) is 0 Å². The highest BCUT2D eigenvalue weighted by atomic mass is 16.4. The number of carbonyl (C=O) groups is 1. The fraction of sp³-hybridized carbons (Fsp3) is 0.500. The highest BCUT2D eigenvalue weighted by Gasteiger charge is 2.15. The molecule has 0 spiro atoms. The van der Waals surface area contributed by atoms with Crippen LogP contribution in [0.25, 0.3) is 0 Å². The van der Waals surface area contributed by atoms with Gasteiger partial charge < -0.3 is 9.67 Å². The third-order valence-corrected chi connectivity index (χ3v) is 3.00. The minimum absolute atomic E-state index is 0.00636. The van der Waals surface area contributed by atoms with Gasteiger partial charge in [0.15, 0.2) is 0 Å². The summed E-state index contributed by atoms with van der Waals surface area (Å²) in [7, 11) is 0. The van der Waals surface area contributed by atoms with Gasteiger partial charge in [-0.1, -0.05) is 6.42 Å². The predicted molar refractivity (Wildman–Crippen MR) is 70.9 cm³/mol. The average molecular weight is 262 g/mol. The number of aryl methyl sites for hydroxylation is 1. The Balaban J connectivity index is 2.54. The van der Waals surface area contributed by atoms with Crippen LogP contribution in [-0.4, -0.2) is 15.6 Å². The SMILES string of the molecule is CC(C)(C#N)CCCCn1ccc(C(=O)O)cc1=O. The van der Waals surface area contributed by atoms with E-state index in [-0.39, 0.29) is 16.5 Å². The van der Waals surface area contributed by atoms with E-state index in [4.69, 9.17) is 10.4 Å². The van der Waals surface area contributed by atoms with Crippen molar-refractivity contribution in [1.29, 1.82) is 5.26 Å². The summed E-state index contributed by atoms with van der Waals surface area (Å²) < 4.78 is 1.49. The van der Waals surface area contributed by atoms with Gasteiger partial charge in [0.1, 0.15) is 0 Å². The second kappa shape index (κ2) is 6.19. The normalized spacial score (nSPS) is 11.0. The van der Waals surface area contributed by atoms with Crippen LogP contribution in [0.5, 0.6) is 0 Å². The molecule has 0 aliphatic carbocycles.